The lowest BCUT2D eigenvalue weighted by atomic mass is 10.4. The molecule has 0 aliphatic heterocycles. The predicted octanol–water partition coefficient (Wildman–Crippen LogP) is 2.38. The number of carbonyl (C=O) groups is 1. The van der Waals surface area contributed by atoms with Crippen LogP contribution in [0.3, 0.4) is 0 Å². The Kier molecular flexibility index (Phi) is 10.3. The van der Waals surface area contributed by atoms with Crippen LogP contribution in [0.5, 0.6) is 0 Å². The number of aromatic nitrogens is 1. The second-order valence-corrected chi connectivity index (χ2v) is 6.18. The molecule has 0 atom stereocenters. The fourth-order valence-electron chi connectivity index (χ4n) is 1.60. The van der Waals surface area contributed by atoms with E-state index in [9.17, 15) is 4.79 Å². The molecule has 1 aromatic heterocycles. The highest BCUT2D eigenvalue weighted by Crippen LogP contribution is 2.15. The molecule has 2 N–H and O–H groups in total. The average Bonchev–Trinajstić information content (AvgIpc) is 2.72. The van der Waals surface area contributed by atoms with Crippen molar-refractivity contribution < 1.29 is 9.53 Å². The summed E-state index contributed by atoms with van der Waals surface area (Å²) in [4.78, 5) is 21.2. The lowest BCUT2D eigenvalue weighted by Crippen LogP contribution is -2.38. The molecule has 22 heavy (non-hydrogen) atoms. The number of esters is 1. The minimum Gasteiger partial charge on any atom is -0.463 e. The highest BCUT2D eigenvalue weighted by atomic mass is 127. The molecule has 1 aromatic rings. The van der Waals surface area contributed by atoms with Gasteiger partial charge in [-0.2, -0.15) is 0 Å². The first kappa shape index (κ1) is 21.1. The number of aliphatic imine (C=N–C) groups is 1. The third-order valence-electron chi connectivity index (χ3n) is 2.69. The zero-order valence-electron chi connectivity index (χ0n) is 13.7. The van der Waals surface area contributed by atoms with Crippen LogP contribution in [0.1, 0.15) is 35.8 Å². The van der Waals surface area contributed by atoms with E-state index in [0.717, 1.165) is 10.7 Å². The fraction of sp³-hybridized carbons (Fsp3) is 0.643. The van der Waals surface area contributed by atoms with Gasteiger partial charge in [0.15, 0.2) is 5.96 Å². The quantitative estimate of drug-likeness (QED) is 0.308. The summed E-state index contributed by atoms with van der Waals surface area (Å²) in [5, 5.41) is 7.28. The standard InChI is InChI=1S/C14H24N4O2S.HI/c1-9(2)20-13(19)6-7-16-14(15-5)17-8-12-18-10(3)11(4)21-12;/h9H,6-8H2,1-5H3,(H2,15,16,17);1H. The summed E-state index contributed by atoms with van der Waals surface area (Å²) in [7, 11) is 1.69. The van der Waals surface area contributed by atoms with Crippen LogP contribution < -0.4 is 10.6 Å². The summed E-state index contributed by atoms with van der Waals surface area (Å²) in [5.74, 6) is 0.442. The van der Waals surface area contributed by atoms with Gasteiger partial charge in [0.2, 0.25) is 0 Å². The second kappa shape index (κ2) is 10.8. The van der Waals surface area contributed by atoms with Gasteiger partial charge in [0, 0.05) is 18.5 Å². The molecule has 0 amide bonds. The van der Waals surface area contributed by atoms with Crippen LogP contribution in [0.25, 0.3) is 0 Å². The van der Waals surface area contributed by atoms with Gasteiger partial charge in [-0.25, -0.2) is 4.98 Å². The van der Waals surface area contributed by atoms with Crippen LogP contribution in [0.4, 0.5) is 0 Å². The summed E-state index contributed by atoms with van der Waals surface area (Å²) in [5.41, 5.74) is 1.07. The third-order valence-corrected chi connectivity index (χ3v) is 3.77. The molecule has 1 heterocycles. The average molecular weight is 440 g/mol. The molecule has 0 spiro atoms. The lowest BCUT2D eigenvalue weighted by molar-refractivity contribution is -0.147. The van der Waals surface area contributed by atoms with E-state index >= 15 is 0 Å². The Balaban J connectivity index is 0.00000441. The minimum atomic E-state index is -0.209. The zero-order chi connectivity index (χ0) is 15.8. The topological polar surface area (TPSA) is 75.6 Å². The van der Waals surface area contributed by atoms with Gasteiger partial charge in [-0.15, -0.1) is 35.3 Å². The van der Waals surface area contributed by atoms with Gasteiger partial charge in [0.05, 0.1) is 24.8 Å². The summed E-state index contributed by atoms with van der Waals surface area (Å²) in [6.45, 7) is 8.84. The minimum absolute atomic E-state index is 0. The van der Waals surface area contributed by atoms with Crippen molar-refractivity contribution in [3.63, 3.8) is 0 Å². The largest absolute Gasteiger partial charge is 0.463 e. The SMILES string of the molecule is CN=C(NCCC(=O)OC(C)C)NCc1nc(C)c(C)s1.I. The molecule has 0 fully saturated rings. The van der Waals surface area contributed by atoms with E-state index in [1.165, 1.54) is 4.88 Å². The number of halogens is 1. The number of carbonyl (C=O) groups excluding carboxylic acids is 1. The Labute approximate surface area is 153 Å². The zero-order valence-corrected chi connectivity index (χ0v) is 16.9. The maximum atomic E-state index is 11.4. The Morgan fingerprint density at radius 2 is 2.05 bits per heavy atom. The maximum absolute atomic E-state index is 11.4. The number of guanidine groups is 1. The number of ether oxygens (including phenoxy) is 1. The van der Waals surface area contributed by atoms with Crippen molar-refractivity contribution in [1.82, 2.24) is 15.6 Å². The normalized spacial score (nSPS) is 11.1. The first-order valence-corrected chi connectivity index (χ1v) is 7.81. The molecule has 0 aliphatic rings. The summed E-state index contributed by atoms with van der Waals surface area (Å²) >= 11 is 1.67. The molecule has 126 valence electrons. The van der Waals surface area contributed by atoms with E-state index in [4.69, 9.17) is 4.74 Å². The van der Waals surface area contributed by atoms with E-state index in [0.29, 0.717) is 25.5 Å². The Morgan fingerprint density at radius 3 is 2.55 bits per heavy atom. The third kappa shape index (κ3) is 7.92. The van der Waals surface area contributed by atoms with E-state index in [-0.39, 0.29) is 36.0 Å². The molecule has 1 rings (SSSR count). The van der Waals surface area contributed by atoms with Gasteiger partial charge in [0.25, 0.3) is 0 Å². The molecule has 0 aromatic carbocycles. The van der Waals surface area contributed by atoms with Gasteiger partial charge in [-0.05, 0) is 27.7 Å². The number of hydrogen-bond acceptors (Lipinski definition) is 5. The molecule has 0 aliphatic carbocycles. The number of nitrogens with zero attached hydrogens (tertiary/aromatic N) is 2. The maximum Gasteiger partial charge on any atom is 0.307 e. The number of aryl methyl sites for hydroxylation is 2. The molecule has 0 bridgehead atoms. The predicted molar refractivity (Wildman–Crippen MR) is 101 cm³/mol. The van der Waals surface area contributed by atoms with Gasteiger partial charge < -0.3 is 15.4 Å². The van der Waals surface area contributed by atoms with Gasteiger partial charge >= 0.3 is 5.97 Å². The van der Waals surface area contributed by atoms with E-state index in [1.807, 2.05) is 20.8 Å². The van der Waals surface area contributed by atoms with Gasteiger partial charge in [0.1, 0.15) is 5.01 Å². The summed E-state index contributed by atoms with van der Waals surface area (Å²) < 4.78 is 5.06. The van der Waals surface area contributed by atoms with Crippen LogP contribution in [0.15, 0.2) is 4.99 Å². The second-order valence-electron chi connectivity index (χ2n) is 4.89. The van der Waals surface area contributed by atoms with Gasteiger partial charge in [-0.3, -0.25) is 9.79 Å². The molecule has 8 heteroatoms. The Bertz CT molecular complexity index is 484. The number of hydrogen-bond donors (Lipinski definition) is 2. The Hall–Kier alpha value is -0.900. The molecular weight excluding hydrogens is 415 g/mol. The molecule has 0 radical (unpaired) electrons. The molecule has 6 nitrogen and oxygen atoms in total. The van der Waals surface area contributed by atoms with E-state index in [1.54, 1.807) is 18.4 Å². The van der Waals surface area contributed by atoms with Crippen molar-refractivity contribution in [2.24, 2.45) is 4.99 Å². The first-order valence-electron chi connectivity index (χ1n) is 6.99. The molecular formula is C14H25IN4O2S. The van der Waals surface area contributed by atoms with Gasteiger partial charge in [-0.1, -0.05) is 0 Å². The van der Waals surface area contributed by atoms with Crippen molar-refractivity contribution >= 4 is 47.2 Å². The highest BCUT2D eigenvalue weighted by molar-refractivity contribution is 14.0. The van der Waals surface area contributed by atoms with Crippen LogP contribution >= 0.6 is 35.3 Å². The smallest absolute Gasteiger partial charge is 0.307 e. The van der Waals surface area contributed by atoms with Crippen LogP contribution in [-0.4, -0.2) is 36.6 Å². The first-order chi connectivity index (χ1) is 9.92. The van der Waals surface area contributed by atoms with Crippen molar-refractivity contribution in [2.75, 3.05) is 13.6 Å². The number of nitrogens with one attached hydrogen (secondary N) is 2. The Morgan fingerprint density at radius 1 is 1.36 bits per heavy atom. The van der Waals surface area contributed by atoms with Crippen molar-refractivity contribution in [3.05, 3.63) is 15.6 Å². The summed E-state index contributed by atoms with van der Waals surface area (Å²) in [6, 6.07) is 0. The fourth-order valence-corrected chi connectivity index (χ4v) is 2.47. The van der Waals surface area contributed by atoms with Crippen molar-refractivity contribution in [1.29, 1.82) is 0 Å². The number of thiazole rings is 1. The molecule has 0 saturated heterocycles. The molecule has 0 unspecified atom stereocenters. The molecule has 0 saturated carbocycles. The van der Waals surface area contributed by atoms with E-state index in [2.05, 4.69) is 27.5 Å². The van der Waals surface area contributed by atoms with Crippen LogP contribution in [0.2, 0.25) is 0 Å². The van der Waals surface area contributed by atoms with Crippen LogP contribution in [0, 0.1) is 13.8 Å². The van der Waals surface area contributed by atoms with Crippen molar-refractivity contribution in [3.8, 4) is 0 Å². The van der Waals surface area contributed by atoms with E-state index < -0.39 is 0 Å². The summed E-state index contributed by atoms with van der Waals surface area (Å²) in [6.07, 6.45) is 0.236. The lowest BCUT2D eigenvalue weighted by Gasteiger charge is -2.11. The van der Waals surface area contributed by atoms with Crippen LogP contribution in [-0.2, 0) is 16.1 Å². The number of rotatable bonds is 6. The van der Waals surface area contributed by atoms with Crippen molar-refractivity contribution in [2.45, 2.75) is 46.8 Å². The highest BCUT2D eigenvalue weighted by Gasteiger charge is 2.07. The monoisotopic (exact) mass is 440 g/mol.